The van der Waals surface area contributed by atoms with Gasteiger partial charge in [-0.05, 0) is 117 Å². The second-order valence-electron chi connectivity index (χ2n) is 14.9. The summed E-state index contributed by atoms with van der Waals surface area (Å²) < 4.78 is 68.1. The molecule has 4 nitrogen and oxygen atoms in total. The minimum absolute atomic E-state index is 0.0310. The standard InChI is InChI=1S/C30H46F3NO3S/c1-18(2)19-10-15-29(34)17-16-27(6)20(24(19)29)8-9-22-26(5)13-12-23(37-38(35,36)30(31,32)33)25(3,4)21(26)11-14-28(22,27)7/h12,19-22,24H,1,8-11,13-17,34H2,2-7H3/t19?,20-,21+,22-,24-,26+,27-,28-,29+/m1/s1. The lowest BCUT2D eigenvalue weighted by atomic mass is 9.33. The molecule has 216 valence electrons. The van der Waals surface area contributed by atoms with Gasteiger partial charge in [0.1, 0.15) is 5.76 Å². The molecule has 0 spiro atoms. The number of allylic oxidation sites excluding steroid dienone is 3. The lowest BCUT2D eigenvalue weighted by Gasteiger charge is -2.72. The van der Waals surface area contributed by atoms with Gasteiger partial charge in [0.15, 0.2) is 0 Å². The Balaban J connectivity index is 1.51. The first-order valence-electron chi connectivity index (χ1n) is 14.4. The second kappa shape index (κ2) is 8.27. The lowest BCUT2D eigenvalue weighted by molar-refractivity contribution is -0.221. The Morgan fingerprint density at radius 2 is 1.63 bits per heavy atom. The maximum Gasteiger partial charge on any atom is 0.534 e. The highest BCUT2D eigenvalue weighted by Crippen LogP contribution is 2.76. The largest absolute Gasteiger partial charge is 0.534 e. The van der Waals surface area contributed by atoms with Crippen LogP contribution in [0.2, 0.25) is 0 Å². The van der Waals surface area contributed by atoms with Crippen LogP contribution in [-0.2, 0) is 14.3 Å². The zero-order valence-corrected chi connectivity index (χ0v) is 24.7. The molecule has 0 bridgehead atoms. The van der Waals surface area contributed by atoms with E-state index < -0.39 is 21.0 Å². The van der Waals surface area contributed by atoms with Gasteiger partial charge in [0, 0.05) is 11.0 Å². The third-order valence-corrected chi connectivity index (χ3v) is 14.1. The van der Waals surface area contributed by atoms with Crippen molar-refractivity contribution in [1.82, 2.24) is 0 Å². The van der Waals surface area contributed by atoms with Gasteiger partial charge in [0.05, 0.1) is 0 Å². The number of rotatable bonds is 3. The minimum atomic E-state index is -5.70. The lowest BCUT2D eigenvalue weighted by Crippen LogP contribution is -2.67. The quantitative estimate of drug-likeness (QED) is 0.219. The van der Waals surface area contributed by atoms with E-state index >= 15 is 0 Å². The van der Waals surface area contributed by atoms with Crippen LogP contribution in [0.25, 0.3) is 0 Å². The molecule has 0 aromatic carbocycles. The van der Waals surface area contributed by atoms with Crippen LogP contribution in [0.5, 0.6) is 0 Å². The van der Waals surface area contributed by atoms with Crippen molar-refractivity contribution in [3.05, 3.63) is 24.0 Å². The van der Waals surface area contributed by atoms with Gasteiger partial charge < -0.3 is 9.92 Å². The van der Waals surface area contributed by atoms with Crippen LogP contribution in [0.3, 0.4) is 0 Å². The summed E-state index contributed by atoms with van der Waals surface area (Å²) in [5, 5.41) is 0. The molecule has 5 aliphatic rings. The Hall–Kier alpha value is -1.02. The monoisotopic (exact) mass is 557 g/mol. The molecular weight excluding hydrogens is 511 g/mol. The number of nitrogens with two attached hydrogens (primary N) is 1. The molecule has 8 heteroatoms. The Morgan fingerprint density at radius 3 is 2.24 bits per heavy atom. The van der Waals surface area contributed by atoms with Gasteiger partial charge in [0.25, 0.3) is 0 Å². The first-order chi connectivity index (χ1) is 17.2. The van der Waals surface area contributed by atoms with Crippen LogP contribution in [0.15, 0.2) is 24.0 Å². The second-order valence-corrected chi connectivity index (χ2v) is 16.4. The summed E-state index contributed by atoms with van der Waals surface area (Å²) in [5.41, 5.74) is 2.08. The van der Waals surface area contributed by atoms with E-state index in [-0.39, 0.29) is 33.5 Å². The Kier molecular flexibility index (Phi) is 6.20. The fourth-order valence-corrected chi connectivity index (χ4v) is 11.7. The van der Waals surface area contributed by atoms with Gasteiger partial charge in [-0.15, -0.1) is 0 Å². The fraction of sp³-hybridized carbons (Fsp3) is 0.867. The Morgan fingerprint density at radius 1 is 0.974 bits per heavy atom. The summed E-state index contributed by atoms with van der Waals surface area (Å²) in [4.78, 5) is 0. The molecule has 4 fully saturated rings. The van der Waals surface area contributed by atoms with Crippen LogP contribution >= 0.6 is 0 Å². The molecule has 4 saturated carbocycles. The molecule has 2 N–H and O–H groups in total. The van der Waals surface area contributed by atoms with Crippen molar-refractivity contribution in [3.63, 3.8) is 0 Å². The number of halogens is 3. The molecule has 38 heavy (non-hydrogen) atoms. The minimum Gasteiger partial charge on any atom is -0.380 e. The fourth-order valence-electron chi connectivity index (χ4n) is 11.1. The van der Waals surface area contributed by atoms with E-state index in [9.17, 15) is 21.6 Å². The molecule has 0 aliphatic heterocycles. The van der Waals surface area contributed by atoms with Crippen LogP contribution in [-0.4, -0.2) is 19.5 Å². The third kappa shape index (κ3) is 3.60. The number of hydrogen-bond donors (Lipinski definition) is 1. The van der Waals surface area contributed by atoms with Crippen LogP contribution < -0.4 is 5.73 Å². The van der Waals surface area contributed by atoms with Gasteiger partial charge in [-0.2, -0.15) is 21.6 Å². The van der Waals surface area contributed by atoms with Crippen molar-refractivity contribution in [2.45, 2.75) is 110 Å². The van der Waals surface area contributed by atoms with Crippen LogP contribution in [0.1, 0.15) is 99.3 Å². The topological polar surface area (TPSA) is 69.4 Å². The number of fused-ring (bicyclic) bond motifs is 7. The summed E-state index contributed by atoms with van der Waals surface area (Å²) >= 11 is 0. The molecule has 9 atom stereocenters. The summed E-state index contributed by atoms with van der Waals surface area (Å²) in [6, 6.07) is 0. The molecule has 0 saturated heterocycles. The smallest absolute Gasteiger partial charge is 0.380 e. The summed E-state index contributed by atoms with van der Waals surface area (Å²) in [5.74, 6) is 1.84. The molecule has 0 aromatic heterocycles. The average Bonchev–Trinajstić information content (AvgIpc) is 3.13. The molecule has 0 heterocycles. The molecule has 0 amide bonds. The highest BCUT2D eigenvalue weighted by Gasteiger charge is 2.70. The van der Waals surface area contributed by atoms with Gasteiger partial charge >= 0.3 is 15.6 Å². The molecule has 0 radical (unpaired) electrons. The third-order valence-electron chi connectivity index (χ3n) is 13.1. The maximum absolute atomic E-state index is 13.2. The van der Waals surface area contributed by atoms with E-state index in [2.05, 4.69) is 34.3 Å². The Labute approximate surface area is 227 Å². The van der Waals surface area contributed by atoms with Crippen LogP contribution in [0, 0.1) is 51.2 Å². The zero-order valence-electron chi connectivity index (χ0n) is 23.9. The van der Waals surface area contributed by atoms with Crippen molar-refractivity contribution in [2.24, 2.45) is 57.0 Å². The predicted molar refractivity (Wildman–Crippen MR) is 143 cm³/mol. The van der Waals surface area contributed by atoms with Crippen molar-refractivity contribution in [3.8, 4) is 0 Å². The SMILES string of the molecule is C=C(C)C1CC[C@]2(N)CC[C@]3(C)[C@H](CC[C@@H]4[C@@]5(C)CC=C(OS(=O)(=O)C(F)(F)F)C(C)(C)[C@@H]5CC[C@]43C)[C@@H]12. The Bertz CT molecular complexity index is 1160. The molecule has 5 rings (SSSR count). The van der Waals surface area contributed by atoms with E-state index in [0.717, 1.165) is 51.4 Å². The van der Waals surface area contributed by atoms with E-state index in [1.165, 1.54) is 5.57 Å². The van der Waals surface area contributed by atoms with E-state index in [1.807, 2.05) is 13.8 Å². The number of alkyl halides is 3. The zero-order chi connectivity index (χ0) is 28.3. The van der Waals surface area contributed by atoms with Crippen LogP contribution in [0.4, 0.5) is 13.2 Å². The summed E-state index contributed by atoms with van der Waals surface area (Å²) in [6.45, 7) is 17.5. The first-order valence-corrected chi connectivity index (χ1v) is 15.8. The van der Waals surface area contributed by atoms with Crippen molar-refractivity contribution in [2.75, 3.05) is 0 Å². The summed E-state index contributed by atoms with van der Waals surface area (Å²) in [6.07, 6.45) is 10.5. The van der Waals surface area contributed by atoms with Crippen molar-refractivity contribution < 1.29 is 25.8 Å². The first kappa shape index (κ1) is 28.5. The molecule has 5 aliphatic carbocycles. The highest BCUT2D eigenvalue weighted by atomic mass is 32.2. The van der Waals surface area contributed by atoms with E-state index in [4.69, 9.17) is 9.92 Å². The van der Waals surface area contributed by atoms with E-state index in [0.29, 0.717) is 30.1 Å². The highest BCUT2D eigenvalue weighted by molar-refractivity contribution is 7.87. The average molecular weight is 558 g/mol. The predicted octanol–water partition coefficient (Wildman–Crippen LogP) is 7.72. The molecule has 1 unspecified atom stereocenters. The van der Waals surface area contributed by atoms with E-state index in [1.54, 1.807) is 6.08 Å². The maximum atomic E-state index is 13.2. The molecular formula is C30H46F3NO3S. The normalized spacial score (nSPS) is 48.2. The number of hydrogen-bond acceptors (Lipinski definition) is 4. The van der Waals surface area contributed by atoms with Crippen molar-refractivity contribution >= 4 is 10.1 Å². The van der Waals surface area contributed by atoms with Gasteiger partial charge in [-0.3, -0.25) is 0 Å². The molecule has 0 aromatic rings. The van der Waals surface area contributed by atoms with Crippen molar-refractivity contribution in [1.29, 1.82) is 0 Å². The van der Waals surface area contributed by atoms with Gasteiger partial charge in [-0.1, -0.05) is 46.8 Å². The van der Waals surface area contributed by atoms with Gasteiger partial charge in [-0.25, -0.2) is 0 Å². The van der Waals surface area contributed by atoms with Gasteiger partial charge in [0.2, 0.25) is 0 Å². The summed E-state index contributed by atoms with van der Waals surface area (Å²) in [7, 11) is -5.70.